The second-order valence-corrected chi connectivity index (χ2v) is 8.49. The van der Waals surface area contributed by atoms with Crippen LogP contribution in [0.5, 0.6) is 0 Å². The fourth-order valence-electron chi connectivity index (χ4n) is 3.59. The van der Waals surface area contributed by atoms with Crippen LogP contribution in [0.2, 0.25) is 0 Å². The molecule has 162 valence electrons. The Morgan fingerprint density at radius 2 is 1.93 bits per heavy atom. The van der Waals surface area contributed by atoms with Crippen LogP contribution in [0.25, 0.3) is 10.2 Å². The van der Waals surface area contributed by atoms with Gasteiger partial charge in [0.15, 0.2) is 10.8 Å². The summed E-state index contributed by atoms with van der Waals surface area (Å²) in [5, 5.41) is 5.06. The first kappa shape index (κ1) is 22.7. The number of nitrogens with zero attached hydrogens (tertiary/aromatic N) is 5. The normalized spacial score (nSPS) is 14.6. The highest BCUT2D eigenvalue weighted by Gasteiger charge is 2.24. The van der Waals surface area contributed by atoms with Gasteiger partial charge in [-0.15, -0.1) is 12.4 Å². The Morgan fingerprint density at radius 3 is 2.60 bits per heavy atom. The largest absolute Gasteiger partial charge is 0.379 e. The Hall–Kier alpha value is -2.00. The molecular formula is C21H28ClN5O2S. The Morgan fingerprint density at radius 1 is 1.20 bits per heavy atom. The molecule has 0 spiro atoms. The van der Waals surface area contributed by atoms with E-state index in [-0.39, 0.29) is 18.3 Å². The van der Waals surface area contributed by atoms with E-state index < -0.39 is 0 Å². The highest BCUT2D eigenvalue weighted by atomic mass is 35.5. The van der Waals surface area contributed by atoms with E-state index in [0.717, 1.165) is 60.2 Å². The number of hydrogen-bond acceptors (Lipinski definition) is 6. The monoisotopic (exact) mass is 449 g/mol. The van der Waals surface area contributed by atoms with E-state index in [2.05, 4.69) is 36.0 Å². The molecule has 3 heterocycles. The first-order chi connectivity index (χ1) is 14.0. The SMILES string of the molecule is Cc1ccc(C)c2sc(N(CCCN3CCOCC3)C(=O)c3ccn(C)n3)nc12.Cl. The fraction of sp³-hybridized carbons (Fsp3) is 0.476. The average molecular weight is 450 g/mol. The Labute approximate surface area is 187 Å². The summed E-state index contributed by atoms with van der Waals surface area (Å²) in [7, 11) is 1.82. The van der Waals surface area contributed by atoms with Gasteiger partial charge in [-0.25, -0.2) is 4.98 Å². The van der Waals surface area contributed by atoms with Gasteiger partial charge in [0.25, 0.3) is 5.91 Å². The van der Waals surface area contributed by atoms with Gasteiger partial charge < -0.3 is 4.74 Å². The first-order valence-electron chi connectivity index (χ1n) is 10.0. The highest BCUT2D eigenvalue weighted by molar-refractivity contribution is 7.22. The number of carbonyl (C=O) groups excluding carboxylic acids is 1. The number of anilines is 1. The van der Waals surface area contributed by atoms with Crippen LogP contribution in [0.3, 0.4) is 0 Å². The zero-order valence-corrected chi connectivity index (χ0v) is 19.3. The molecule has 1 aliphatic rings. The van der Waals surface area contributed by atoms with Crippen molar-refractivity contribution in [1.29, 1.82) is 0 Å². The number of carbonyl (C=O) groups is 1. The summed E-state index contributed by atoms with van der Waals surface area (Å²) in [4.78, 5) is 22.3. The zero-order chi connectivity index (χ0) is 20.4. The lowest BCUT2D eigenvalue weighted by molar-refractivity contribution is 0.0376. The number of morpholine rings is 1. The number of aromatic nitrogens is 3. The van der Waals surface area contributed by atoms with E-state index in [1.807, 2.05) is 7.05 Å². The molecule has 9 heteroatoms. The van der Waals surface area contributed by atoms with Gasteiger partial charge >= 0.3 is 0 Å². The van der Waals surface area contributed by atoms with Crippen molar-refractivity contribution in [1.82, 2.24) is 19.7 Å². The second kappa shape index (κ2) is 9.87. The third-order valence-corrected chi connectivity index (χ3v) is 6.51. The molecule has 4 rings (SSSR count). The van der Waals surface area contributed by atoms with Gasteiger partial charge in [0.05, 0.1) is 23.4 Å². The number of fused-ring (bicyclic) bond motifs is 1. The topological polar surface area (TPSA) is 63.5 Å². The summed E-state index contributed by atoms with van der Waals surface area (Å²) < 4.78 is 8.23. The van der Waals surface area contributed by atoms with E-state index >= 15 is 0 Å². The summed E-state index contributed by atoms with van der Waals surface area (Å²) in [6.07, 6.45) is 2.68. The van der Waals surface area contributed by atoms with Gasteiger partial charge in [0.1, 0.15) is 0 Å². The standard InChI is InChI=1S/C21H27N5O2S.ClH/c1-15-5-6-16(2)19-18(15)22-21(29-19)26(20(27)17-7-10-24(3)23-17)9-4-8-25-11-13-28-14-12-25;/h5-7,10H,4,8-9,11-14H2,1-3H3;1H. The lowest BCUT2D eigenvalue weighted by Gasteiger charge is -2.27. The van der Waals surface area contributed by atoms with Crippen molar-refractivity contribution in [3.8, 4) is 0 Å². The van der Waals surface area contributed by atoms with Crippen LogP contribution >= 0.6 is 23.7 Å². The minimum absolute atomic E-state index is 0. The van der Waals surface area contributed by atoms with Crippen LogP contribution in [-0.4, -0.2) is 65.0 Å². The molecule has 30 heavy (non-hydrogen) atoms. The van der Waals surface area contributed by atoms with Crippen LogP contribution in [-0.2, 0) is 11.8 Å². The minimum atomic E-state index is -0.0954. The third-order valence-electron chi connectivity index (χ3n) is 5.30. The number of rotatable bonds is 6. The van der Waals surface area contributed by atoms with E-state index in [4.69, 9.17) is 9.72 Å². The quantitative estimate of drug-likeness (QED) is 0.576. The van der Waals surface area contributed by atoms with E-state index in [1.54, 1.807) is 33.2 Å². The molecule has 0 radical (unpaired) electrons. The summed E-state index contributed by atoms with van der Waals surface area (Å²) in [6.45, 7) is 9.19. The lowest BCUT2D eigenvalue weighted by atomic mass is 10.1. The smallest absolute Gasteiger partial charge is 0.280 e. The number of halogens is 1. The molecule has 1 amide bonds. The van der Waals surface area contributed by atoms with Gasteiger partial charge in [0.2, 0.25) is 0 Å². The zero-order valence-electron chi connectivity index (χ0n) is 17.6. The summed E-state index contributed by atoms with van der Waals surface area (Å²) in [5.74, 6) is -0.0954. The van der Waals surface area contributed by atoms with Gasteiger partial charge in [-0.2, -0.15) is 5.10 Å². The molecule has 2 aromatic heterocycles. The Bertz CT molecular complexity index is 973. The van der Waals surface area contributed by atoms with Gasteiger partial charge in [-0.3, -0.25) is 19.3 Å². The van der Waals surface area contributed by atoms with Crippen LogP contribution in [0.4, 0.5) is 5.13 Å². The molecule has 1 aromatic carbocycles. The van der Waals surface area contributed by atoms with Crippen molar-refractivity contribution in [3.05, 3.63) is 41.2 Å². The number of ether oxygens (including phenoxy) is 1. The van der Waals surface area contributed by atoms with Crippen molar-refractivity contribution in [2.24, 2.45) is 7.05 Å². The predicted molar refractivity (Wildman–Crippen MR) is 123 cm³/mol. The Kier molecular flexibility index (Phi) is 7.46. The van der Waals surface area contributed by atoms with Crippen molar-refractivity contribution in [3.63, 3.8) is 0 Å². The highest BCUT2D eigenvalue weighted by Crippen LogP contribution is 2.33. The molecule has 1 fully saturated rings. The molecule has 0 bridgehead atoms. The van der Waals surface area contributed by atoms with E-state index in [9.17, 15) is 4.79 Å². The number of aryl methyl sites for hydroxylation is 3. The van der Waals surface area contributed by atoms with Gasteiger partial charge in [0, 0.05) is 39.4 Å². The molecule has 0 unspecified atom stereocenters. The number of amides is 1. The van der Waals surface area contributed by atoms with Crippen molar-refractivity contribution in [2.45, 2.75) is 20.3 Å². The molecule has 7 nitrogen and oxygen atoms in total. The molecular weight excluding hydrogens is 422 g/mol. The average Bonchev–Trinajstić information content (AvgIpc) is 3.36. The molecule has 0 aliphatic carbocycles. The van der Waals surface area contributed by atoms with Crippen molar-refractivity contribution in [2.75, 3.05) is 44.3 Å². The first-order valence-corrected chi connectivity index (χ1v) is 10.8. The Balaban J connectivity index is 0.00000256. The summed E-state index contributed by atoms with van der Waals surface area (Å²) in [6, 6.07) is 5.97. The summed E-state index contributed by atoms with van der Waals surface area (Å²) in [5.41, 5.74) is 3.75. The molecule has 1 saturated heterocycles. The molecule has 3 aromatic rings. The van der Waals surface area contributed by atoms with Gasteiger partial charge in [-0.1, -0.05) is 23.5 Å². The van der Waals surface area contributed by atoms with Crippen LogP contribution < -0.4 is 4.90 Å². The maximum absolute atomic E-state index is 13.3. The van der Waals surface area contributed by atoms with Gasteiger partial charge in [-0.05, 0) is 37.5 Å². The molecule has 1 aliphatic heterocycles. The predicted octanol–water partition coefficient (Wildman–Crippen LogP) is 3.44. The second-order valence-electron chi connectivity index (χ2n) is 7.51. The number of benzene rings is 1. The molecule has 0 atom stereocenters. The van der Waals surface area contributed by atoms with E-state index in [0.29, 0.717) is 12.2 Å². The maximum Gasteiger partial charge on any atom is 0.280 e. The minimum Gasteiger partial charge on any atom is -0.379 e. The van der Waals surface area contributed by atoms with Crippen LogP contribution in [0, 0.1) is 13.8 Å². The van der Waals surface area contributed by atoms with Crippen LogP contribution in [0.1, 0.15) is 28.0 Å². The molecule has 0 saturated carbocycles. The maximum atomic E-state index is 13.3. The van der Waals surface area contributed by atoms with E-state index in [1.165, 1.54) is 5.56 Å². The van der Waals surface area contributed by atoms with Crippen molar-refractivity contribution >= 4 is 45.0 Å². The number of hydrogen-bond donors (Lipinski definition) is 0. The summed E-state index contributed by atoms with van der Waals surface area (Å²) >= 11 is 1.59. The van der Waals surface area contributed by atoms with Crippen molar-refractivity contribution < 1.29 is 9.53 Å². The lowest BCUT2D eigenvalue weighted by Crippen LogP contribution is -2.39. The third kappa shape index (κ3) is 4.83. The number of thiazole rings is 1. The van der Waals surface area contributed by atoms with Crippen LogP contribution in [0.15, 0.2) is 24.4 Å². The fourth-order valence-corrected chi connectivity index (χ4v) is 4.73. The molecule has 0 N–H and O–H groups in total.